The third-order valence-electron chi connectivity index (χ3n) is 6.83. The third kappa shape index (κ3) is 8.59. The number of aryl methyl sites for hydroxylation is 2. The summed E-state index contributed by atoms with van der Waals surface area (Å²) in [7, 11) is 0. The Kier molecular flexibility index (Phi) is 10.5. The summed E-state index contributed by atoms with van der Waals surface area (Å²) < 4.78 is 0. The maximum Gasteiger partial charge on any atom is 0.243 e. The molecule has 196 valence electrons. The van der Waals surface area contributed by atoms with Crippen molar-refractivity contribution in [3.8, 4) is 0 Å². The number of carbonyl (C=O) groups excluding carboxylic acids is 2. The zero-order valence-corrected chi connectivity index (χ0v) is 23.0. The van der Waals surface area contributed by atoms with Gasteiger partial charge in [0.05, 0.1) is 0 Å². The number of nitrogens with one attached hydrogen (secondary N) is 1. The van der Waals surface area contributed by atoms with Crippen LogP contribution >= 0.6 is 0 Å². The van der Waals surface area contributed by atoms with Crippen molar-refractivity contribution in [2.24, 2.45) is 5.92 Å². The molecule has 0 heterocycles. The third-order valence-corrected chi connectivity index (χ3v) is 6.83. The Hall–Kier alpha value is -3.40. The van der Waals surface area contributed by atoms with Crippen molar-refractivity contribution in [1.29, 1.82) is 0 Å². The molecule has 0 spiro atoms. The second-order valence-electron chi connectivity index (χ2n) is 10.7. The van der Waals surface area contributed by atoms with Crippen LogP contribution in [0.15, 0.2) is 78.9 Å². The fourth-order valence-electron chi connectivity index (χ4n) is 4.41. The molecular weight excluding hydrogens is 456 g/mol. The highest BCUT2D eigenvalue weighted by Gasteiger charge is 2.30. The molecule has 0 saturated carbocycles. The van der Waals surface area contributed by atoms with E-state index < -0.39 is 6.04 Å². The largest absolute Gasteiger partial charge is 0.354 e. The van der Waals surface area contributed by atoms with Crippen molar-refractivity contribution in [2.45, 2.75) is 72.4 Å². The van der Waals surface area contributed by atoms with Crippen molar-refractivity contribution in [1.82, 2.24) is 10.2 Å². The van der Waals surface area contributed by atoms with Crippen molar-refractivity contribution in [3.63, 3.8) is 0 Å². The van der Waals surface area contributed by atoms with E-state index in [-0.39, 0.29) is 11.8 Å². The van der Waals surface area contributed by atoms with E-state index in [1.54, 1.807) is 4.90 Å². The van der Waals surface area contributed by atoms with Crippen LogP contribution in [0, 0.1) is 12.8 Å². The SMILES string of the molecule is Cc1ccccc1CN(C(=O)CCc1ccc(C(C)C)cc1)[C@H](Cc1ccccc1)C(=O)NCC(C)C. The van der Waals surface area contributed by atoms with Gasteiger partial charge in [0.1, 0.15) is 6.04 Å². The fourth-order valence-corrected chi connectivity index (χ4v) is 4.41. The summed E-state index contributed by atoms with van der Waals surface area (Å²) in [6, 6.07) is 26.0. The van der Waals surface area contributed by atoms with Gasteiger partial charge in [-0.05, 0) is 53.0 Å². The molecule has 3 aromatic rings. The predicted octanol–water partition coefficient (Wildman–Crippen LogP) is 6.46. The first-order valence-electron chi connectivity index (χ1n) is 13.5. The molecule has 1 N–H and O–H groups in total. The smallest absolute Gasteiger partial charge is 0.243 e. The molecule has 0 bridgehead atoms. The summed E-state index contributed by atoms with van der Waals surface area (Å²) in [5, 5.41) is 3.10. The van der Waals surface area contributed by atoms with Gasteiger partial charge in [-0.3, -0.25) is 9.59 Å². The maximum absolute atomic E-state index is 13.8. The molecule has 0 radical (unpaired) electrons. The van der Waals surface area contributed by atoms with Crippen molar-refractivity contribution < 1.29 is 9.59 Å². The molecule has 0 aliphatic rings. The molecule has 3 rings (SSSR count). The molecule has 0 aromatic heterocycles. The summed E-state index contributed by atoms with van der Waals surface area (Å²) >= 11 is 0. The molecule has 37 heavy (non-hydrogen) atoms. The lowest BCUT2D eigenvalue weighted by atomic mass is 9.99. The van der Waals surface area contributed by atoms with Crippen molar-refractivity contribution >= 4 is 11.8 Å². The van der Waals surface area contributed by atoms with Crippen molar-refractivity contribution in [2.75, 3.05) is 6.54 Å². The molecule has 2 amide bonds. The number of amides is 2. The lowest BCUT2D eigenvalue weighted by Crippen LogP contribution is -2.51. The van der Waals surface area contributed by atoms with Gasteiger partial charge in [-0.2, -0.15) is 0 Å². The van der Waals surface area contributed by atoms with Gasteiger partial charge in [-0.1, -0.05) is 107 Å². The Morgan fingerprint density at radius 1 is 0.811 bits per heavy atom. The summed E-state index contributed by atoms with van der Waals surface area (Å²) in [6.45, 7) is 11.6. The number of hydrogen-bond donors (Lipinski definition) is 1. The number of hydrogen-bond acceptors (Lipinski definition) is 2. The molecule has 0 unspecified atom stereocenters. The van der Waals surface area contributed by atoms with Crippen LogP contribution in [0.4, 0.5) is 0 Å². The van der Waals surface area contributed by atoms with E-state index in [1.165, 1.54) is 5.56 Å². The molecule has 1 atom stereocenters. The highest BCUT2D eigenvalue weighted by atomic mass is 16.2. The minimum absolute atomic E-state index is 0.00295. The van der Waals surface area contributed by atoms with E-state index in [0.717, 1.165) is 22.3 Å². The average Bonchev–Trinajstić information content (AvgIpc) is 2.89. The highest BCUT2D eigenvalue weighted by molar-refractivity contribution is 5.88. The zero-order valence-electron chi connectivity index (χ0n) is 23.0. The Morgan fingerprint density at radius 2 is 1.46 bits per heavy atom. The van der Waals surface area contributed by atoms with Gasteiger partial charge in [-0.15, -0.1) is 0 Å². The van der Waals surface area contributed by atoms with Crippen LogP contribution in [0.5, 0.6) is 0 Å². The number of nitrogens with zero attached hydrogens (tertiary/aromatic N) is 1. The summed E-state index contributed by atoms with van der Waals surface area (Å²) in [4.78, 5) is 29.2. The first-order chi connectivity index (χ1) is 17.7. The molecule has 4 heteroatoms. The lowest BCUT2D eigenvalue weighted by Gasteiger charge is -2.32. The zero-order chi connectivity index (χ0) is 26.8. The minimum atomic E-state index is -0.587. The Balaban J connectivity index is 1.88. The summed E-state index contributed by atoms with van der Waals surface area (Å²) in [6.07, 6.45) is 1.48. The standard InChI is InChI=1S/C33H42N2O2/c1-24(2)22-34-33(37)31(21-28-12-7-6-8-13-28)35(23-30-14-10-9-11-26(30)5)32(36)20-17-27-15-18-29(19-16-27)25(3)4/h6-16,18-19,24-25,31H,17,20-23H2,1-5H3,(H,34,37)/t31-/m1/s1. The van der Waals surface area contributed by atoms with Gasteiger partial charge in [0.2, 0.25) is 11.8 Å². The monoisotopic (exact) mass is 498 g/mol. The number of benzene rings is 3. The normalized spacial score (nSPS) is 12.0. The van der Waals surface area contributed by atoms with Gasteiger partial charge in [0.25, 0.3) is 0 Å². The molecular formula is C33H42N2O2. The van der Waals surface area contributed by atoms with E-state index in [9.17, 15) is 9.59 Å². The van der Waals surface area contributed by atoms with Crippen LogP contribution < -0.4 is 5.32 Å². The quantitative estimate of drug-likeness (QED) is 0.311. The van der Waals surface area contributed by atoms with Gasteiger partial charge < -0.3 is 10.2 Å². The second-order valence-corrected chi connectivity index (χ2v) is 10.7. The minimum Gasteiger partial charge on any atom is -0.354 e. The van der Waals surface area contributed by atoms with Crippen molar-refractivity contribution in [3.05, 3.63) is 107 Å². The highest BCUT2D eigenvalue weighted by Crippen LogP contribution is 2.20. The van der Waals surface area contributed by atoms with Crippen LogP contribution in [-0.4, -0.2) is 29.3 Å². The van der Waals surface area contributed by atoms with E-state index in [1.807, 2.05) is 48.5 Å². The van der Waals surface area contributed by atoms with Crippen LogP contribution in [0.1, 0.15) is 67.9 Å². The molecule has 0 saturated heterocycles. The lowest BCUT2D eigenvalue weighted by molar-refractivity contribution is -0.141. The van der Waals surface area contributed by atoms with Gasteiger partial charge in [0, 0.05) is 25.9 Å². The molecule has 0 fully saturated rings. The summed E-state index contributed by atoms with van der Waals surface area (Å²) in [5.74, 6) is 0.705. The Labute approximate surface area is 223 Å². The van der Waals surface area contributed by atoms with E-state index in [2.05, 4.69) is 70.3 Å². The number of carbonyl (C=O) groups is 2. The molecule has 0 aliphatic carbocycles. The molecule has 3 aromatic carbocycles. The maximum atomic E-state index is 13.8. The van der Waals surface area contributed by atoms with Crippen LogP contribution in [0.2, 0.25) is 0 Å². The van der Waals surface area contributed by atoms with Gasteiger partial charge in [0.15, 0.2) is 0 Å². The Bertz CT molecular complexity index is 1140. The average molecular weight is 499 g/mol. The van der Waals surface area contributed by atoms with E-state index in [4.69, 9.17) is 0 Å². The molecule has 0 aliphatic heterocycles. The molecule has 4 nitrogen and oxygen atoms in total. The summed E-state index contributed by atoms with van der Waals surface area (Å²) in [5.41, 5.74) is 5.65. The van der Waals surface area contributed by atoms with Gasteiger partial charge >= 0.3 is 0 Å². The van der Waals surface area contributed by atoms with E-state index in [0.29, 0.717) is 44.2 Å². The fraction of sp³-hybridized carbons (Fsp3) is 0.394. The Morgan fingerprint density at radius 3 is 2.08 bits per heavy atom. The van der Waals surface area contributed by atoms with Gasteiger partial charge in [-0.25, -0.2) is 0 Å². The number of rotatable bonds is 12. The first-order valence-corrected chi connectivity index (χ1v) is 13.5. The first kappa shape index (κ1) is 28.2. The van der Waals surface area contributed by atoms with Crippen LogP contribution in [0.3, 0.4) is 0 Å². The predicted molar refractivity (Wildman–Crippen MR) is 152 cm³/mol. The van der Waals surface area contributed by atoms with Crippen LogP contribution in [-0.2, 0) is 29.0 Å². The van der Waals surface area contributed by atoms with Crippen LogP contribution in [0.25, 0.3) is 0 Å². The topological polar surface area (TPSA) is 49.4 Å². The second kappa shape index (κ2) is 13.8. The van der Waals surface area contributed by atoms with E-state index >= 15 is 0 Å².